The van der Waals surface area contributed by atoms with Crippen molar-refractivity contribution >= 4 is 34.2 Å². The van der Waals surface area contributed by atoms with Crippen LogP contribution in [0.1, 0.15) is 5.56 Å². The maximum Gasteiger partial charge on any atom is 0.328 e. The van der Waals surface area contributed by atoms with Gasteiger partial charge in [-0.1, -0.05) is 23.7 Å². The van der Waals surface area contributed by atoms with Crippen LogP contribution >= 0.6 is 34.2 Å². The van der Waals surface area contributed by atoms with Crippen LogP contribution in [-0.4, -0.2) is 9.55 Å². The smallest absolute Gasteiger partial charge is 0.295 e. The molecule has 0 saturated heterocycles. The maximum absolute atomic E-state index is 13.2. The number of aromatic nitrogens is 2. The normalized spacial score (nSPS) is 10.6. The molecule has 0 aliphatic rings. The van der Waals surface area contributed by atoms with Gasteiger partial charge in [0, 0.05) is 6.20 Å². The van der Waals surface area contributed by atoms with E-state index < -0.39 is 17.1 Å². The molecule has 0 spiro atoms. The zero-order valence-corrected chi connectivity index (χ0v) is 11.8. The lowest BCUT2D eigenvalue weighted by molar-refractivity contribution is 0.622. The van der Waals surface area contributed by atoms with Gasteiger partial charge in [0.05, 0.1) is 15.1 Å². The fourth-order valence-corrected chi connectivity index (χ4v) is 2.11. The standard InChI is InChI=1S/C11H7ClFIN2O2/c12-9-6(2-1-3-7(9)13)4-16-5-8(14)10(17)15-11(16)18/h1-3,5H,4H2,(H,15,17,18). The van der Waals surface area contributed by atoms with Crippen molar-refractivity contribution in [2.75, 3.05) is 0 Å². The number of nitrogens with zero attached hydrogens (tertiary/aromatic N) is 1. The molecule has 4 nitrogen and oxygen atoms in total. The van der Waals surface area contributed by atoms with Crippen LogP contribution in [0, 0.1) is 9.39 Å². The van der Waals surface area contributed by atoms with Crippen molar-refractivity contribution in [3.05, 3.63) is 65.2 Å². The largest absolute Gasteiger partial charge is 0.328 e. The Balaban J connectivity index is 2.47. The third-order valence-corrected chi connectivity index (χ3v) is 3.53. The molecule has 94 valence electrons. The molecule has 0 aliphatic heterocycles. The molecule has 2 rings (SSSR count). The minimum atomic E-state index is -0.555. The Morgan fingerprint density at radius 1 is 1.39 bits per heavy atom. The van der Waals surface area contributed by atoms with E-state index in [0.29, 0.717) is 9.13 Å². The molecule has 0 atom stereocenters. The Bertz CT molecular complexity index is 711. The van der Waals surface area contributed by atoms with Crippen LogP contribution in [0.4, 0.5) is 4.39 Å². The first kappa shape index (κ1) is 13.3. The molecular weight excluding hydrogens is 373 g/mol. The van der Waals surface area contributed by atoms with E-state index in [1.807, 2.05) is 22.6 Å². The summed E-state index contributed by atoms with van der Waals surface area (Å²) >= 11 is 7.62. The second kappa shape index (κ2) is 5.23. The van der Waals surface area contributed by atoms with Gasteiger partial charge in [-0.15, -0.1) is 0 Å². The molecule has 0 bridgehead atoms. The number of halogens is 3. The van der Waals surface area contributed by atoms with Gasteiger partial charge in [-0.3, -0.25) is 14.3 Å². The first-order valence-corrected chi connectivity index (χ1v) is 6.37. The molecule has 0 unspecified atom stereocenters. The van der Waals surface area contributed by atoms with E-state index in [-0.39, 0.29) is 11.6 Å². The van der Waals surface area contributed by atoms with Gasteiger partial charge < -0.3 is 0 Å². The summed E-state index contributed by atoms with van der Waals surface area (Å²) in [7, 11) is 0. The van der Waals surface area contributed by atoms with Crippen LogP contribution in [0.5, 0.6) is 0 Å². The fraction of sp³-hybridized carbons (Fsp3) is 0.0909. The first-order valence-electron chi connectivity index (χ1n) is 4.91. The summed E-state index contributed by atoms with van der Waals surface area (Å²) in [5.41, 5.74) is -0.524. The van der Waals surface area contributed by atoms with Crippen molar-refractivity contribution in [2.45, 2.75) is 6.54 Å². The number of nitrogens with one attached hydrogen (secondary N) is 1. The van der Waals surface area contributed by atoms with E-state index in [4.69, 9.17) is 11.6 Å². The van der Waals surface area contributed by atoms with Crippen LogP contribution in [0.2, 0.25) is 5.02 Å². The number of hydrogen-bond acceptors (Lipinski definition) is 2. The second-order valence-electron chi connectivity index (χ2n) is 3.58. The van der Waals surface area contributed by atoms with Crippen molar-refractivity contribution in [3.8, 4) is 0 Å². The van der Waals surface area contributed by atoms with Crippen molar-refractivity contribution in [1.29, 1.82) is 0 Å². The molecular formula is C11H7ClFIN2O2. The van der Waals surface area contributed by atoms with E-state index in [0.717, 1.165) is 0 Å². The van der Waals surface area contributed by atoms with E-state index in [9.17, 15) is 14.0 Å². The Morgan fingerprint density at radius 3 is 2.83 bits per heavy atom. The van der Waals surface area contributed by atoms with Gasteiger partial charge in [-0.2, -0.15) is 0 Å². The number of aromatic amines is 1. The van der Waals surface area contributed by atoms with Crippen LogP contribution in [0.3, 0.4) is 0 Å². The first-order chi connectivity index (χ1) is 8.49. The number of hydrogen-bond donors (Lipinski definition) is 1. The summed E-state index contributed by atoms with van der Waals surface area (Å²) in [6.07, 6.45) is 1.41. The SMILES string of the molecule is O=c1[nH]c(=O)n(Cc2cccc(F)c2Cl)cc1I. The lowest BCUT2D eigenvalue weighted by Gasteiger charge is -2.07. The van der Waals surface area contributed by atoms with E-state index in [1.165, 1.54) is 22.9 Å². The van der Waals surface area contributed by atoms with Crippen molar-refractivity contribution in [2.24, 2.45) is 0 Å². The summed E-state index contributed by atoms with van der Waals surface area (Å²) in [5.74, 6) is -0.540. The molecule has 0 fully saturated rings. The molecule has 7 heteroatoms. The molecule has 1 N–H and O–H groups in total. The van der Waals surface area contributed by atoms with Gasteiger partial charge in [0.25, 0.3) is 5.56 Å². The summed E-state index contributed by atoms with van der Waals surface area (Å²) < 4.78 is 14.9. The fourth-order valence-electron chi connectivity index (χ4n) is 1.45. The third kappa shape index (κ3) is 2.64. The van der Waals surface area contributed by atoms with Crippen LogP contribution in [-0.2, 0) is 6.54 Å². The Kier molecular flexibility index (Phi) is 3.86. The molecule has 18 heavy (non-hydrogen) atoms. The quantitative estimate of drug-likeness (QED) is 0.810. The van der Waals surface area contributed by atoms with E-state index in [2.05, 4.69) is 4.98 Å². The predicted molar refractivity (Wildman–Crippen MR) is 74.6 cm³/mol. The van der Waals surface area contributed by atoms with Crippen LogP contribution < -0.4 is 11.2 Å². The highest BCUT2D eigenvalue weighted by molar-refractivity contribution is 14.1. The molecule has 1 aromatic heterocycles. The molecule has 0 amide bonds. The number of rotatable bonds is 2. The van der Waals surface area contributed by atoms with Gasteiger partial charge in [0.2, 0.25) is 0 Å². The van der Waals surface area contributed by atoms with Gasteiger partial charge in [0.1, 0.15) is 5.82 Å². The highest BCUT2D eigenvalue weighted by Crippen LogP contribution is 2.20. The Hall–Kier alpha value is -1.15. The second-order valence-corrected chi connectivity index (χ2v) is 5.12. The Morgan fingerprint density at radius 2 is 2.11 bits per heavy atom. The lowest BCUT2D eigenvalue weighted by atomic mass is 10.2. The predicted octanol–water partition coefficient (Wildman–Crippen LogP) is 1.98. The van der Waals surface area contributed by atoms with Crippen LogP contribution in [0.25, 0.3) is 0 Å². The van der Waals surface area contributed by atoms with Crippen molar-refractivity contribution in [1.82, 2.24) is 9.55 Å². The van der Waals surface area contributed by atoms with Crippen LogP contribution in [0.15, 0.2) is 34.0 Å². The molecule has 2 aromatic rings. The van der Waals surface area contributed by atoms with Crippen molar-refractivity contribution < 1.29 is 4.39 Å². The zero-order valence-electron chi connectivity index (χ0n) is 8.91. The van der Waals surface area contributed by atoms with Gasteiger partial charge >= 0.3 is 5.69 Å². The monoisotopic (exact) mass is 380 g/mol. The molecule has 0 radical (unpaired) electrons. The summed E-state index contributed by atoms with van der Waals surface area (Å²) in [6, 6.07) is 4.37. The number of benzene rings is 1. The van der Waals surface area contributed by atoms with E-state index in [1.54, 1.807) is 6.07 Å². The van der Waals surface area contributed by atoms with Gasteiger partial charge in [-0.25, -0.2) is 9.18 Å². The lowest BCUT2D eigenvalue weighted by Crippen LogP contribution is -2.31. The third-order valence-electron chi connectivity index (χ3n) is 2.34. The zero-order chi connectivity index (χ0) is 13.3. The highest BCUT2D eigenvalue weighted by atomic mass is 127. The van der Waals surface area contributed by atoms with Gasteiger partial charge in [0.15, 0.2) is 0 Å². The summed E-state index contributed by atoms with van der Waals surface area (Å²) in [4.78, 5) is 24.9. The molecule has 1 heterocycles. The summed E-state index contributed by atoms with van der Waals surface area (Å²) in [5, 5.41) is -0.0226. The van der Waals surface area contributed by atoms with Gasteiger partial charge in [-0.05, 0) is 34.2 Å². The average Bonchev–Trinajstić information content (AvgIpc) is 2.32. The highest BCUT2D eigenvalue weighted by Gasteiger charge is 2.08. The number of H-pyrrole nitrogens is 1. The molecule has 0 saturated carbocycles. The average molecular weight is 381 g/mol. The van der Waals surface area contributed by atoms with E-state index >= 15 is 0 Å². The van der Waals surface area contributed by atoms with Crippen molar-refractivity contribution in [3.63, 3.8) is 0 Å². The Labute approximate surface area is 120 Å². The molecule has 0 aliphatic carbocycles. The minimum Gasteiger partial charge on any atom is -0.295 e. The summed E-state index contributed by atoms with van der Waals surface area (Å²) in [6.45, 7) is 0.0994. The topological polar surface area (TPSA) is 54.9 Å². The maximum atomic E-state index is 13.2. The minimum absolute atomic E-state index is 0.0226. The molecule has 1 aromatic carbocycles.